The summed E-state index contributed by atoms with van der Waals surface area (Å²) in [6.07, 6.45) is 0. The van der Waals surface area contributed by atoms with Crippen LogP contribution in [0.5, 0.6) is 5.75 Å². The molecule has 2 unspecified atom stereocenters. The Labute approximate surface area is 144 Å². The summed E-state index contributed by atoms with van der Waals surface area (Å²) in [5, 5.41) is 5.66. The predicted molar refractivity (Wildman–Crippen MR) is 94.9 cm³/mol. The van der Waals surface area contributed by atoms with Crippen LogP contribution in [0.3, 0.4) is 0 Å². The molecule has 2 N–H and O–H groups in total. The molecular formula is C18H29N3O3. The highest BCUT2D eigenvalue weighted by Gasteiger charge is 2.24. The molecule has 6 nitrogen and oxygen atoms in total. The number of carbonyl (C=O) groups is 2. The molecular weight excluding hydrogens is 306 g/mol. The van der Waals surface area contributed by atoms with Gasteiger partial charge in [-0.3, -0.25) is 9.59 Å². The predicted octanol–water partition coefficient (Wildman–Crippen LogP) is 1.57. The molecule has 0 aromatic heterocycles. The van der Waals surface area contributed by atoms with Crippen molar-refractivity contribution < 1.29 is 14.3 Å². The van der Waals surface area contributed by atoms with Crippen LogP contribution in [0.2, 0.25) is 0 Å². The van der Waals surface area contributed by atoms with Crippen molar-refractivity contribution in [2.45, 2.75) is 32.9 Å². The zero-order valence-corrected chi connectivity index (χ0v) is 15.4. The summed E-state index contributed by atoms with van der Waals surface area (Å²) in [5.74, 6) is 0.420. The van der Waals surface area contributed by atoms with Gasteiger partial charge in [0.2, 0.25) is 11.8 Å². The number of methoxy groups -OCH3 is 1. The molecule has 2 amide bonds. The maximum atomic E-state index is 12.4. The molecule has 0 aliphatic heterocycles. The van der Waals surface area contributed by atoms with Crippen molar-refractivity contribution in [2.75, 3.05) is 27.7 Å². The molecule has 24 heavy (non-hydrogen) atoms. The molecule has 0 heterocycles. The number of amides is 2. The van der Waals surface area contributed by atoms with E-state index in [9.17, 15) is 9.59 Å². The van der Waals surface area contributed by atoms with E-state index >= 15 is 0 Å². The van der Waals surface area contributed by atoms with Crippen LogP contribution in [0.15, 0.2) is 24.3 Å². The maximum Gasteiger partial charge on any atom is 0.242 e. The molecule has 1 aromatic rings. The highest BCUT2D eigenvalue weighted by atomic mass is 16.5. The smallest absolute Gasteiger partial charge is 0.242 e. The second-order valence-corrected chi connectivity index (χ2v) is 6.42. The van der Waals surface area contributed by atoms with Crippen LogP contribution in [0.4, 0.5) is 0 Å². The van der Waals surface area contributed by atoms with Gasteiger partial charge in [0.05, 0.1) is 13.2 Å². The Morgan fingerprint density at radius 1 is 1.25 bits per heavy atom. The van der Waals surface area contributed by atoms with Crippen LogP contribution < -0.4 is 15.4 Å². The van der Waals surface area contributed by atoms with Crippen LogP contribution in [0.25, 0.3) is 0 Å². The number of hydrogen-bond acceptors (Lipinski definition) is 4. The molecule has 0 saturated heterocycles. The van der Waals surface area contributed by atoms with Crippen molar-refractivity contribution in [3.63, 3.8) is 0 Å². The molecule has 0 spiro atoms. The number of nitrogens with zero attached hydrogens (tertiary/aromatic N) is 1. The van der Waals surface area contributed by atoms with E-state index in [1.165, 1.54) is 6.92 Å². The molecule has 0 aliphatic rings. The minimum Gasteiger partial charge on any atom is -0.497 e. The minimum atomic E-state index is -0.532. The fourth-order valence-electron chi connectivity index (χ4n) is 2.51. The van der Waals surface area contributed by atoms with Gasteiger partial charge in [0, 0.05) is 13.5 Å². The second kappa shape index (κ2) is 9.27. The highest BCUT2D eigenvalue weighted by molar-refractivity contribution is 5.87. The fraction of sp³-hybridized carbons (Fsp3) is 0.556. The number of rotatable bonds is 8. The lowest BCUT2D eigenvalue weighted by Crippen LogP contribution is -2.50. The average Bonchev–Trinajstić information content (AvgIpc) is 2.52. The summed E-state index contributed by atoms with van der Waals surface area (Å²) < 4.78 is 5.27. The lowest BCUT2D eigenvalue weighted by molar-refractivity contribution is -0.129. The van der Waals surface area contributed by atoms with Crippen molar-refractivity contribution in [1.29, 1.82) is 0 Å². The third-order valence-corrected chi connectivity index (χ3v) is 3.88. The van der Waals surface area contributed by atoms with Crippen LogP contribution >= 0.6 is 0 Å². The van der Waals surface area contributed by atoms with E-state index in [1.54, 1.807) is 7.11 Å². The number of carbonyl (C=O) groups excluding carboxylic acids is 2. The van der Waals surface area contributed by atoms with Gasteiger partial charge in [0.25, 0.3) is 0 Å². The van der Waals surface area contributed by atoms with E-state index in [2.05, 4.69) is 10.6 Å². The van der Waals surface area contributed by atoms with Gasteiger partial charge in [-0.2, -0.15) is 0 Å². The third-order valence-electron chi connectivity index (χ3n) is 3.88. The van der Waals surface area contributed by atoms with Crippen molar-refractivity contribution in [3.05, 3.63) is 29.8 Å². The maximum absolute atomic E-state index is 12.4. The highest BCUT2D eigenvalue weighted by Crippen LogP contribution is 2.22. The first kappa shape index (κ1) is 20.0. The Morgan fingerprint density at radius 3 is 2.42 bits per heavy atom. The lowest BCUT2D eigenvalue weighted by atomic mass is 10.0. The van der Waals surface area contributed by atoms with Gasteiger partial charge in [-0.05, 0) is 37.7 Å². The van der Waals surface area contributed by atoms with Crippen molar-refractivity contribution >= 4 is 11.8 Å². The molecule has 1 aromatic carbocycles. The van der Waals surface area contributed by atoms with E-state index in [0.717, 1.165) is 11.3 Å². The molecule has 0 bridgehead atoms. The van der Waals surface area contributed by atoms with Gasteiger partial charge in [-0.25, -0.2) is 0 Å². The van der Waals surface area contributed by atoms with E-state index < -0.39 is 6.04 Å². The van der Waals surface area contributed by atoms with E-state index in [0.29, 0.717) is 6.54 Å². The van der Waals surface area contributed by atoms with Crippen molar-refractivity contribution in [3.8, 4) is 5.75 Å². The SMILES string of the molecule is COc1cccc(C(CNC(=O)C(NC(C)=O)C(C)C)N(C)C)c1. The Morgan fingerprint density at radius 2 is 1.92 bits per heavy atom. The molecule has 1 rings (SSSR count). The molecule has 6 heteroatoms. The standard InChI is InChI=1S/C18H29N3O3/c1-12(2)17(20-13(3)22)18(23)19-11-16(21(4)5)14-8-7-9-15(10-14)24-6/h7-10,12,16-17H,11H2,1-6H3,(H,19,23)(H,20,22). The Bertz CT molecular complexity index is 558. The Balaban J connectivity index is 2.82. The van der Waals surface area contributed by atoms with Crippen molar-refractivity contribution in [2.24, 2.45) is 5.92 Å². The summed E-state index contributed by atoms with van der Waals surface area (Å²) in [4.78, 5) is 25.8. The van der Waals surface area contributed by atoms with Gasteiger partial charge in [-0.15, -0.1) is 0 Å². The van der Waals surface area contributed by atoms with E-state index in [-0.39, 0.29) is 23.8 Å². The van der Waals surface area contributed by atoms with Crippen LogP contribution in [0.1, 0.15) is 32.4 Å². The lowest BCUT2D eigenvalue weighted by Gasteiger charge is -2.27. The van der Waals surface area contributed by atoms with Gasteiger partial charge >= 0.3 is 0 Å². The number of hydrogen-bond donors (Lipinski definition) is 2. The topological polar surface area (TPSA) is 70.7 Å². The number of ether oxygens (including phenoxy) is 1. The number of nitrogens with one attached hydrogen (secondary N) is 2. The second-order valence-electron chi connectivity index (χ2n) is 6.42. The molecule has 0 aliphatic carbocycles. The first-order chi connectivity index (χ1) is 11.3. The zero-order valence-electron chi connectivity index (χ0n) is 15.4. The van der Waals surface area contributed by atoms with E-state index in [1.807, 2.05) is 57.1 Å². The molecule has 0 saturated carbocycles. The van der Waals surface area contributed by atoms with Crippen LogP contribution in [-0.4, -0.2) is 50.5 Å². The minimum absolute atomic E-state index is 0.00851. The largest absolute Gasteiger partial charge is 0.497 e. The van der Waals surface area contributed by atoms with Gasteiger partial charge in [0.1, 0.15) is 11.8 Å². The summed E-state index contributed by atoms with van der Waals surface area (Å²) >= 11 is 0. The monoisotopic (exact) mass is 335 g/mol. The van der Waals surface area contributed by atoms with E-state index in [4.69, 9.17) is 4.74 Å². The number of benzene rings is 1. The number of likely N-dealkylation sites (N-methyl/N-ethyl adjacent to an activating group) is 1. The summed E-state index contributed by atoms with van der Waals surface area (Å²) in [6.45, 7) is 5.68. The molecule has 134 valence electrons. The van der Waals surface area contributed by atoms with Crippen LogP contribution in [-0.2, 0) is 9.59 Å². The molecule has 0 fully saturated rings. The van der Waals surface area contributed by atoms with Gasteiger partial charge in [-0.1, -0.05) is 26.0 Å². The zero-order chi connectivity index (χ0) is 18.3. The average molecular weight is 335 g/mol. The summed E-state index contributed by atoms with van der Waals surface area (Å²) in [6, 6.07) is 7.27. The molecule has 0 radical (unpaired) electrons. The fourth-order valence-corrected chi connectivity index (χ4v) is 2.51. The van der Waals surface area contributed by atoms with Gasteiger partial charge in [0.15, 0.2) is 0 Å². The third kappa shape index (κ3) is 5.85. The van der Waals surface area contributed by atoms with Crippen LogP contribution in [0, 0.1) is 5.92 Å². The van der Waals surface area contributed by atoms with Crippen molar-refractivity contribution in [1.82, 2.24) is 15.5 Å². The normalized spacial score (nSPS) is 13.5. The summed E-state index contributed by atoms with van der Waals surface area (Å²) in [5.41, 5.74) is 1.06. The first-order valence-corrected chi connectivity index (χ1v) is 8.11. The summed E-state index contributed by atoms with van der Waals surface area (Å²) in [7, 11) is 5.56. The van der Waals surface area contributed by atoms with Gasteiger partial charge < -0.3 is 20.3 Å². The Kier molecular flexibility index (Phi) is 7.71. The molecule has 2 atom stereocenters. The Hall–Kier alpha value is -2.08. The quantitative estimate of drug-likeness (QED) is 0.757. The first-order valence-electron chi connectivity index (χ1n) is 8.11.